The zero-order valence-electron chi connectivity index (χ0n) is 13.4. The molecule has 1 nitrogen and oxygen atoms in total. The quantitative estimate of drug-likeness (QED) is 0.681. The molecular formula is C19H29N. The van der Waals surface area contributed by atoms with Crippen molar-refractivity contribution in [1.82, 2.24) is 5.32 Å². The van der Waals surface area contributed by atoms with Crippen molar-refractivity contribution in [2.45, 2.75) is 58.9 Å². The lowest BCUT2D eigenvalue weighted by atomic mass is 9.78. The van der Waals surface area contributed by atoms with Gasteiger partial charge in [0, 0.05) is 18.4 Å². The molecule has 0 spiro atoms. The number of rotatable bonds is 8. The fourth-order valence-corrected chi connectivity index (χ4v) is 2.91. The summed E-state index contributed by atoms with van der Waals surface area (Å²) in [4.78, 5) is 0. The second kappa shape index (κ2) is 9.61. The fraction of sp³-hybridized carbons (Fsp3) is 0.579. The Kier molecular flexibility index (Phi) is 8.07. The van der Waals surface area contributed by atoms with Crippen molar-refractivity contribution in [2.75, 3.05) is 6.54 Å². The Hall–Kier alpha value is -1.26. The normalized spacial score (nSPS) is 15.0. The van der Waals surface area contributed by atoms with Crippen LogP contribution in [0.1, 0.15) is 58.4 Å². The summed E-state index contributed by atoms with van der Waals surface area (Å²) in [6, 6.07) is 11.5. The van der Waals surface area contributed by atoms with Crippen molar-refractivity contribution in [2.24, 2.45) is 5.92 Å². The third-order valence-corrected chi connectivity index (χ3v) is 4.10. The first-order valence-corrected chi connectivity index (χ1v) is 7.92. The maximum atomic E-state index is 3.69. The summed E-state index contributed by atoms with van der Waals surface area (Å²) in [5.41, 5.74) is 1.46. The summed E-state index contributed by atoms with van der Waals surface area (Å²) in [6.45, 7) is 9.79. The minimum atomic E-state index is 0.512. The van der Waals surface area contributed by atoms with Crippen LogP contribution in [0.15, 0.2) is 30.3 Å². The minimum absolute atomic E-state index is 0.512. The second-order valence-electron chi connectivity index (χ2n) is 5.45. The van der Waals surface area contributed by atoms with Gasteiger partial charge in [0.2, 0.25) is 0 Å². The van der Waals surface area contributed by atoms with E-state index in [1.165, 1.54) is 12.0 Å². The molecule has 0 bridgehead atoms. The molecular weight excluding hydrogens is 242 g/mol. The molecule has 0 amide bonds. The van der Waals surface area contributed by atoms with Gasteiger partial charge in [0.15, 0.2) is 0 Å². The molecule has 1 aromatic rings. The van der Waals surface area contributed by atoms with E-state index in [4.69, 9.17) is 0 Å². The maximum Gasteiger partial charge on any atom is 0.0147 e. The van der Waals surface area contributed by atoms with Gasteiger partial charge in [0.25, 0.3) is 0 Å². The Labute approximate surface area is 125 Å². The van der Waals surface area contributed by atoms with Crippen LogP contribution in [0.2, 0.25) is 0 Å². The molecule has 1 aromatic carbocycles. The van der Waals surface area contributed by atoms with Gasteiger partial charge < -0.3 is 5.32 Å². The Morgan fingerprint density at radius 1 is 1.15 bits per heavy atom. The fourth-order valence-electron chi connectivity index (χ4n) is 2.91. The predicted molar refractivity (Wildman–Crippen MR) is 88.8 cm³/mol. The molecule has 20 heavy (non-hydrogen) atoms. The first-order valence-electron chi connectivity index (χ1n) is 7.92. The van der Waals surface area contributed by atoms with Gasteiger partial charge in [-0.1, -0.05) is 57.5 Å². The van der Waals surface area contributed by atoms with Crippen molar-refractivity contribution in [3.05, 3.63) is 35.9 Å². The Morgan fingerprint density at radius 2 is 1.85 bits per heavy atom. The molecule has 0 aliphatic carbocycles. The first-order chi connectivity index (χ1) is 9.74. The van der Waals surface area contributed by atoms with Crippen LogP contribution in [0, 0.1) is 17.8 Å². The molecule has 3 unspecified atom stereocenters. The molecule has 0 aliphatic heterocycles. The Balaban J connectivity index is 2.94. The summed E-state index contributed by atoms with van der Waals surface area (Å²) in [7, 11) is 0. The van der Waals surface area contributed by atoms with Crippen LogP contribution in [-0.4, -0.2) is 12.6 Å². The number of nitrogens with one attached hydrogen (secondary N) is 1. The van der Waals surface area contributed by atoms with Gasteiger partial charge in [-0.15, -0.1) is 11.8 Å². The van der Waals surface area contributed by atoms with Crippen LogP contribution in [0.4, 0.5) is 0 Å². The third-order valence-electron chi connectivity index (χ3n) is 4.10. The molecule has 1 N–H and O–H groups in total. The van der Waals surface area contributed by atoms with Gasteiger partial charge in [-0.25, -0.2) is 0 Å². The van der Waals surface area contributed by atoms with Crippen LogP contribution in [0.5, 0.6) is 0 Å². The van der Waals surface area contributed by atoms with Crippen molar-refractivity contribution in [1.29, 1.82) is 0 Å². The minimum Gasteiger partial charge on any atom is -0.314 e. The molecule has 0 saturated heterocycles. The SMILES string of the molecule is CC#CCCC(NCC)C(c1ccccc1)C(C)CC. The van der Waals surface area contributed by atoms with E-state index in [9.17, 15) is 0 Å². The average Bonchev–Trinajstić information content (AvgIpc) is 2.48. The molecule has 0 fully saturated rings. The lowest BCUT2D eigenvalue weighted by molar-refractivity contribution is 0.326. The molecule has 0 radical (unpaired) electrons. The van der Waals surface area contributed by atoms with E-state index in [0.29, 0.717) is 17.9 Å². The van der Waals surface area contributed by atoms with Gasteiger partial charge in [0.1, 0.15) is 0 Å². The molecule has 0 heterocycles. The first kappa shape index (κ1) is 16.8. The number of hydrogen-bond acceptors (Lipinski definition) is 1. The molecule has 1 rings (SSSR count). The van der Waals surface area contributed by atoms with E-state index < -0.39 is 0 Å². The molecule has 0 aliphatic rings. The summed E-state index contributed by atoms with van der Waals surface area (Å²) in [6.07, 6.45) is 3.31. The standard InChI is InChI=1S/C19H29N/c1-5-8-10-15-18(20-7-3)19(16(4)6-2)17-13-11-9-12-14-17/h9,11-14,16,18-20H,6-7,10,15H2,1-4H3. The van der Waals surface area contributed by atoms with E-state index in [0.717, 1.165) is 19.4 Å². The molecule has 3 atom stereocenters. The zero-order chi connectivity index (χ0) is 14.8. The number of likely N-dealkylation sites (N-methyl/N-ethyl adjacent to an activating group) is 1. The predicted octanol–water partition coefficient (Wildman–Crippen LogP) is 4.60. The van der Waals surface area contributed by atoms with Gasteiger partial charge >= 0.3 is 0 Å². The van der Waals surface area contributed by atoms with Crippen LogP contribution in [-0.2, 0) is 0 Å². The number of hydrogen-bond donors (Lipinski definition) is 1. The molecule has 1 heteroatoms. The van der Waals surface area contributed by atoms with Crippen LogP contribution in [0.3, 0.4) is 0 Å². The zero-order valence-corrected chi connectivity index (χ0v) is 13.4. The van der Waals surface area contributed by atoms with E-state index in [-0.39, 0.29) is 0 Å². The summed E-state index contributed by atoms with van der Waals surface area (Å²) in [5, 5.41) is 3.69. The topological polar surface area (TPSA) is 12.0 Å². The van der Waals surface area contributed by atoms with Crippen molar-refractivity contribution in [3.8, 4) is 11.8 Å². The van der Waals surface area contributed by atoms with Crippen LogP contribution in [0.25, 0.3) is 0 Å². The van der Waals surface area contributed by atoms with Crippen LogP contribution >= 0.6 is 0 Å². The maximum absolute atomic E-state index is 3.69. The summed E-state index contributed by atoms with van der Waals surface area (Å²) in [5.74, 6) is 7.47. The monoisotopic (exact) mass is 271 g/mol. The van der Waals surface area contributed by atoms with E-state index in [1.807, 2.05) is 6.92 Å². The second-order valence-corrected chi connectivity index (χ2v) is 5.45. The highest BCUT2D eigenvalue weighted by molar-refractivity contribution is 5.22. The number of benzene rings is 1. The van der Waals surface area contributed by atoms with Crippen molar-refractivity contribution in [3.63, 3.8) is 0 Å². The molecule has 110 valence electrons. The van der Waals surface area contributed by atoms with E-state index in [2.05, 4.69) is 68.3 Å². The Bertz CT molecular complexity index is 412. The molecule has 0 aromatic heterocycles. The van der Waals surface area contributed by atoms with Gasteiger partial charge in [0.05, 0.1) is 0 Å². The summed E-state index contributed by atoms with van der Waals surface area (Å²) >= 11 is 0. The average molecular weight is 271 g/mol. The lowest BCUT2D eigenvalue weighted by Crippen LogP contribution is -2.37. The van der Waals surface area contributed by atoms with E-state index >= 15 is 0 Å². The Morgan fingerprint density at radius 3 is 2.40 bits per heavy atom. The van der Waals surface area contributed by atoms with E-state index in [1.54, 1.807) is 0 Å². The highest BCUT2D eigenvalue weighted by Gasteiger charge is 2.26. The van der Waals surface area contributed by atoms with Gasteiger partial charge in [-0.2, -0.15) is 0 Å². The van der Waals surface area contributed by atoms with Crippen molar-refractivity contribution >= 4 is 0 Å². The lowest BCUT2D eigenvalue weighted by Gasteiger charge is -2.32. The van der Waals surface area contributed by atoms with Crippen LogP contribution < -0.4 is 5.32 Å². The summed E-state index contributed by atoms with van der Waals surface area (Å²) < 4.78 is 0. The highest BCUT2D eigenvalue weighted by atomic mass is 14.9. The molecule has 0 saturated carbocycles. The smallest absolute Gasteiger partial charge is 0.0147 e. The largest absolute Gasteiger partial charge is 0.314 e. The van der Waals surface area contributed by atoms with Gasteiger partial charge in [-0.05, 0) is 31.4 Å². The third kappa shape index (κ3) is 5.02. The highest BCUT2D eigenvalue weighted by Crippen LogP contribution is 2.32. The van der Waals surface area contributed by atoms with Gasteiger partial charge in [-0.3, -0.25) is 0 Å². The van der Waals surface area contributed by atoms with Crippen molar-refractivity contribution < 1.29 is 0 Å².